The van der Waals surface area contributed by atoms with E-state index in [1.54, 1.807) is 0 Å². The molecule has 26 heavy (non-hydrogen) atoms. The summed E-state index contributed by atoms with van der Waals surface area (Å²) >= 11 is 0. The molecule has 0 aromatic rings. The Morgan fingerprint density at radius 1 is 1.12 bits per heavy atom. The van der Waals surface area contributed by atoms with Crippen LogP contribution in [-0.4, -0.2) is 31.9 Å². The maximum Gasteiger partial charge on any atom is 0.192 e. The molecule has 6 atom stereocenters. The Labute approximate surface area is 161 Å². The standard InChI is InChI=1S/C22H40O3Si/c1-20(2,3)26(6,7)25-19-11-9-16-15-8-10-18(24)22(5,14-23)17(15)12-13-21(16,19)4/h15-17,19,23H,8-14H2,1-7H3/t15-,16-,17+,19-,21-,22+/m0/s1. The molecule has 0 bridgehead atoms. The van der Waals surface area contributed by atoms with Crippen molar-refractivity contribution in [1.29, 1.82) is 0 Å². The maximum atomic E-state index is 12.6. The number of aliphatic hydroxyl groups excluding tert-OH is 1. The van der Waals surface area contributed by atoms with Gasteiger partial charge < -0.3 is 9.53 Å². The maximum absolute atomic E-state index is 12.6. The third-order valence-electron chi connectivity index (χ3n) is 9.08. The molecule has 4 heteroatoms. The Morgan fingerprint density at radius 3 is 2.35 bits per heavy atom. The van der Waals surface area contributed by atoms with Crippen LogP contribution in [0.3, 0.4) is 0 Å². The van der Waals surface area contributed by atoms with Crippen molar-refractivity contribution in [1.82, 2.24) is 0 Å². The fourth-order valence-electron chi connectivity index (χ4n) is 6.15. The van der Waals surface area contributed by atoms with Crippen LogP contribution in [0.25, 0.3) is 0 Å². The van der Waals surface area contributed by atoms with Gasteiger partial charge in [0.15, 0.2) is 8.32 Å². The van der Waals surface area contributed by atoms with Crippen LogP contribution in [0.4, 0.5) is 0 Å². The van der Waals surface area contributed by atoms with Gasteiger partial charge in [-0.3, -0.25) is 4.79 Å². The Balaban J connectivity index is 1.83. The molecule has 0 radical (unpaired) electrons. The lowest BCUT2D eigenvalue weighted by molar-refractivity contribution is -0.150. The van der Waals surface area contributed by atoms with Crippen molar-refractivity contribution in [2.45, 2.75) is 97.4 Å². The van der Waals surface area contributed by atoms with Gasteiger partial charge >= 0.3 is 0 Å². The minimum Gasteiger partial charge on any atom is -0.413 e. The molecular formula is C22H40O3Si. The van der Waals surface area contributed by atoms with Gasteiger partial charge in [-0.05, 0) is 73.4 Å². The Bertz CT molecular complexity index is 566. The van der Waals surface area contributed by atoms with Crippen LogP contribution in [0, 0.1) is 28.6 Å². The summed E-state index contributed by atoms with van der Waals surface area (Å²) < 4.78 is 6.94. The average molecular weight is 381 g/mol. The first kappa shape index (κ1) is 20.5. The van der Waals surface area contributed by atoms with Gasteiger partial charge in [-0.25, -0.2) is 0 Å². The molecule has 0 amide bonds. The van der Waals surface area contributed by atoms with Gasteiger partial charge in [0.2, 0.25) is 0 Å². The summed E-state index contributed by atoms with van der Waals surface area (Å²) in [6.45, 7) is 16.2. The first-order valence-electron chi connectivity index (χ1n) is 10.7. The van der Waals surface area contributed by atoms with Crippen molar-refractivity contribution in [2.75, 3.05) is 6.61 Å². The number of hydrogen-bond donors (Lipinski definition) is 1. The molecule has 3 saturated carbocycles. The lowest BCUT2D eigenvalue weighted by Crippen LogP contribution is -2.55. The average Bonchev–Trinajstić information content (AvgIpc) is 2.86. The zero-order valence-corrected chi connectivity index (χ0v) is 19.0. The molecule has 3 rings (SSSR count). The lowest BCUT2D eigenvalue weighted by atomic mass is 9.50. The summed E-state index contributed by atoms with van der Waals surface area (Å²) in [6, 6.07) is 0. The third-order valence-corrected chi connectivity index (χ3v) is 13.6. The van der Waals surface area contributed by atoms with E-state index < -0.39 is 13.7 Å². The quantitative estimate of drug-likeness (QED) is 0.686. The number of carbonyl (C=O) groups excluding carboxylic acids is 1. The highest BCUT2D eigenvalue weighted by Gasteiger charge is 2.60. The molecule has 1 N–H and O–H groups in total. The molecule has 3 nitrogen and oxygen atoms in total. The molecule has 3 fully saturated rings. The molecule has 0 saturated heterocycles. The van der Waals surface area contributed by atoms with Gasteiger partial charge in [0.25, 0.3) is 0 Å². The van der Waals surface area contributed by atoms with Gasteiger partial charge in [-0.15, -0.1) is 0 Å². The topological polar surface area (TPSA) is 46.5 Å². The van der Waals surface area contributed by atoms with E-state index in [9.17, 15) is 9.90 Å². The van der Waals surface area contributed by atoms with E-state index in [1.165, 1.54) is 12.8 Å². The SMILES string of the molecule is CC(C)(C)[Si](C)(C)O[C@H]1CC[C@H]2[C@@H]3CCC(=O)[C@](C)(CO)[C@@H]3CC[C@]12C. The third kappa shape index (κ3) is 2.95. The summed E-state index contributed by atoms with van der Waals surface area (Å²) in [4.78, 5) is 12.6. The highest BCUT2D eigenvalue weighted by Crippen LogP contribution is 2.63. The molecule has 0 heterocycles. The predicted molar refractivity (Wildman–Crippen MR) is 109 cm³/mol. The summed E-state index contributed by atoms with van der Waals surface area (Å²) in [6.07, 6.45) is 6.64. The second-order valence-electron chi connectivity index (χ2n) is 11.4. The number of Topliss-reactive ketones (excluding diaryl/α,β-unsaturated/α-hetero) is 1. The number of fused-ring (bicyclic) bond motifs is 3. The predicted octanol–water partition coefficient (Wildman–Crippen LogP) is 5.18. The highest BCUT2D eigenvalue weighted by molar-refractivity contribution is 6.74. The van der Waals surface area contributed by atoms with Crippen molar-refractivity contribution >= 4 is 14.1 Å². The first-order valence-corrected chi connectivity index (χ1v) is 13.6. The summed E-state index contributed by atoms with van der Waals surface area (Å²) in [7, 11) is -1.78. The monoisotopic (exact) mass is 380 g/mol. The van der Waals surface area contributed by atoms with E-state index >= 15 is 0 Å². The number of carbonyl (C=O) groups is 1. The summed E-state index contributed by atoms with van der Waals surface area (Å²) in [5, 5.41) is 10.3. The molecule has 0 unspecified atom stereocenters. The minimum absolute atomic E-state index is 0.0142. The Morgan fingerprint density at radius 2 is 1.77 bits per heavy atom. The highest BCUT2D eigenvalue weighted by atomic mass is 28.4. The van der Waals surface area contributed by atoms with Gasteiger partial charge in [0.1, 0.15) is 5.78 Å². The molecule has 150 valence electrons. The van der Waals surface area contributed by atoms with Gasteiger partial charge in [0.05, 0.1) is 18.1 Å². The van der Waals surface area contributed by atoms with Crippen molar-refractivity contribution in [2.24, 2.45) is 28.6 Å². The normalized spacial score (nSPS) is 43.9. The van der Waals surface area contributed by atoms with E-state index in [2.05, 4.69) is 40.8 Å². The smallest absolute Gasteiger partial charge is 0.192 e. The molecular weight excluding hydrogens is 340 g/mol. The van der Waals surface area contributed by atoms with E-state index in [1.807, 2.05) is 6.92 Å². The Hall–Kier alpha value is -0.193. The van der Waals surface area contributed by atoms with Crippen molar-refractivity contribution in [3.63, 3.8) is 0 Å². The van der Waals surface area contributed by atoms with Crippen LogP contribution in [0.1, 0.15) is 73.1 Å². The Kier molecular flexibility index (Phi) is 5.07. The first-order chi connectivity index (χ1) is 11.9. The molecule has 3 aliphatic rings. The summed E-state index contributed by atoms with van der Waals surface area (Å²) in [5.74, 6) is 1.88. The summed E-state index contributed by atoms with van der Waals surface area (Å²) in [5.41, 5.74) is -0.268. The zero-order chi connectivity index (χ0) is 19.5. The van der Waals surface area contributed by atoms with E-state index in [0.717, 1.165) is 19.3 Å². The van der Waals surface area contributed by atoms with Crippen LogP contribution < -0.4 is 0 Å². The molecule has 0 spiro atoms. The van der Waals surface area contributed by atoms with Crippen molar-refractivity contribution in [3.05, 3.63) is 0 Å². The second-order valence-corrected chi connectivity index (χ2v) is 16.2. The van der Waals surface area contributed by atoms with Gasteiger partial charge in [0, 0.05) is 6.42 Å². The van der Waals surface area contributed by atoms with Gasteiger partial charge in [-0.2, -0.15) is 0 Å². The fraction of sp³-hybridized carbons (Fsp3) is 0.955. The molecule has 3 aliphatic carbocycles. The molecule has 0 aromatic heterocycles. The van der Waals surface area contributed by atoms with Crippen LogP contribution >= 0.6 is 0 Å². The zero-order valence-electron chi connectivity index (χ0n) is 18.0. The fourth-order valence-corrected chi connectivity index (χ4v) is 7.61. The molecule has 0 aliphatic heterocycles. The van der Waals surface area contributed by atoms with E-state index in [0.29, 0.717) is 30.3 Å². The van der Waals surface area contributed by atoms with Gasteiger partial charge in [-0.1, -0.05) is 34.6 Å². The van der Waals surface area contributed by atoms with Crippen molar-refractivity contribution < 1.29 is 14.3 Å². The lowest BCUT2D eigenvalue weighted by Gasteiger charge is -2.56. The number of ketones is 1. The second kappa shape index (κ2) is 6.42. The molecule has 0 aromatic carbocycles. The van der Waals surface area contributed by atoms with Crippen molar-refractivity contribution in [3.8, 4) is 0 Å². The number of hydrogen-bond acceptors (Lipinski definition) is 3. The van der Waals surface area contributed by atoms with E-state index in [4.69, 9.17) is 4.43 Å². The largest absolute Gasteiger partial charge is 0.413 e. The minimum atomic E-state index is -1.78. The van der Waals surface area contributed by atoms with Crippen LogP contribution in [0.2, 0.25) is 18.1 Å². The van der Waals surface area contributed by atoms with E-state index in [-0.39, 0.29) is 22.8 Å². The van der Waals surface area contributed by atoms with Crippen LogP contribution in [-0.2, 0) is 9.22 Å². The number of rotatable bonds is 3. The number of aliphatic hydroxyl groups is 1. The van der Waals surface area contributed by atoms with Crippen LogP contribution in [0.15, 0.2) is 0 Å². The van der Waals surface area contributed by atoms with Crippen LogP contribution in [0.5, 0.6) is 0 Å².